The highest BCUT2D eigenvalue weighted by Crippen LogP contribution is 2.37. The molecule has 23 heavy (non-hydrogen) atoms. The third-order valence-corrected chi connectivity index (χ3v) is 5.49. The molecule has 0 unspecified atom stereocenters. The number of likely N-dealkylation sites (tertiary alicyclic amines) is 1. The molecule has 0 aliphatic carbocycles. The summed E-state index contributed by atoms with van der Waals surface area (Å²) in [5, 5.41) is 1.04. The Bertz CT molecular complexity index is 833. The van der Waals surface area contributed by atoms with Gasteiger partial charge in [0.25, 0.3) is 5.56 Å². The summed E-state index contributed by atoms with van der Waals surface area (Å²) >= 11 is 6.12. The second kappa shape index (κ2) is 5.49. The minimum Gasteiger partial charge on any atom is -0.494 e. The van der Waals surface area contributed by atoms with Crippen LogP contribution in [0.15, 0.2) is 16.9 Å². The largest absolute Gasteiger partial charge is 0.494 e. The van der Waals surface area contributed by atoms with E-state index in [1.54, 1.807) is 19.2 Å². The summed E-state index contributed by atoms with van der Waals surface area (Å²) in [7, 11) is 3.76. The van der Waals surface area contributed by atoms with Crippen LogP contribution in [0.25, 0.3) is 10.9 Å². The number of benzene rings is 1. The predicted molar refractivity (Wildman–Crippen MR) is 90.6 cm³/mol. The van der Waals surface area contributed by atoms with E-state index in [1.165, 1.54) is 0 Å². The van der Waals surface area contributed by atoms with E-state index in [0.717, 1.165) is 38.2 Å². The first-order chi connectivity index (χ1) is 11.1. The lowest BCUT2D eigenvalue weighted by Gasteiger charge is -2.42. The number of rotatable bonds is 1. The number of halogens is 1. The number of fused-ring (bicyclic) bond motifs is 4. The van der Waals surface area contributed by atoms with Gasteiger partial charge in [0.15, 0.2) is 0 Å². The van der Waals surface area contributed by atoms with E-state index in [2.05, 4.69) is 11.9 Å². The van der Waals surface area contributed by atoms with Gasteiger partial charge < -0.3 is 9.64 Å². The van der Waals surface area contributed by atoms with Crippen molar-refractivity contribution in [3.05, 3.63) is 33.3 Å². The smallest absolute Gasteiger partial charge is 0.261 e. The average Bonchev–Trinajstić information content (AvgIpc) is 2.55. The van der Waals surface area contributed by atoms with Crippen LogP contribution in [0.5, 0.6) is 5.75 Å². The van der Waals surface area contributed by atoms with Gasteiger partial charge in [0.1, 0.15) is 17.1 Å². The molecule has 1 saturated heterocycles. The third-order valence-electron chi connectivity index (χ3n) is 5.27. The molecular formula is C17H20ClN3O2. The quantitative estimate of drug-likeness (QED) is 0.805. The number of nitrogens with zero attached hydrogens (tertiary/aromatic N) is 3. The number of hydrogen-bond donors (Lipinski definition) is 0. The van der Waals surface area contributed by atoms with E-state index in [1.807, 2.05) is 4.57 Å². The second-order valence-corrected chi connectivity index (χ2v) is 6.95. The maximum absolute atomic E-state index is 12.9. The first-order valence-electron chi connectivity index (χ1n) is 8.08. The second-order valence-electron chi connectivity index (χ2n) is 6.52. The molecule has 0 spiro atoms. The van der Waals surface area contributed by atoms with Gasteiger partial charge in [-0.15, -0.1) is 0 Å². The number of hydrogen-bond acceptors (Lipinski definition) is 4. The molecule has 2 atom stereocenters. The number of aromatic nitrogens is 2. The molecule has 0 N–H and O–H groups in total. The lowest BCUT2D eigenvalue weighted by atomic mass is 9.84. The Kier molecular flexibility index (Phi) is 3.58. The predicted octanol–water partition coefficient (Wildman–Crippen LogP) is 2.64. The Hall–Kier alpha value is -1.59. The number of ether oxygens (including phenoxy) is 1. The number of piperidine rings is 1. The molecule has 6 heteroatoms. The summed E-state index contributed by atoms with van der Waals surface area (Å²) in [6.45, 7) is 1.84. The molecule has 2 aromatic rings. The van der Waals surface area contributed by atoms with Crippen LogP contribution in [0.4, 0.5) is 0 Å². The Morgan fingerprint density at radius 3 is 2.91 bits per heavy atom. The van der Waals surface area contributed by atoms with Crippen LogP contribution >= 0.6 is 11.6 Å². The van der Waals surface area contributed by atoms with Gasteiger partial charge in [0.05, 0.1) is 12.5 Å². The zero-order valence-electron chi connectivity index (χ0n) is 13.4. The van der Waals surface area contributed by atoms with Crippen LogP contribution in [-0.4, -0.2) is 41.2 Å². The Balaban J connectivity index is 1.97. The van der Waals surface area contributed by atoms with Gasteiger partial charge in [-0.1, -0.05) is 11.6 Å². The van der Waals surface area contributed by atoms with Crippen molar-refractivity contribution in [1.29, 1.82) is 0 Å². The summed E-state index contributed by atoms with van der Waals surface area (Å²) in [5.74, 6) is 1.80. The van der Waals surface area contributed by atoms with Gasteiger partial charge in [-0.05, 0) is 38.9 Å². The monoisotopic (exact) mass is 333 g/mol. The van der Waals surface area contributed by atoms with Crippen LogP contribution in [-0.2, 0) is 6.54 Å². The molecule has 1 aromatic carbocycles. The molecular weight excluding hydrogens is 314 g/mol. The van der Waals surface area contributed by atoms with Crippen molar-refractivity contribution >= 4 is 22.5 Å². The molecule has 4 rings (SSSR count). The molecule has 5 nitrogen and oxygen atoms in total. The van der Waals surface area contributed by atoms with E-state index in [9.17, 15) is 4.79 Å². The first kappa shape index (κ1) is 15.0. The van der Waals surface area contributed by atoms with Crippen molar-refractivity contribution in [2.24, 2.45) is 0 Å². The average molecular weight is 334 g/mol. The van der Waals surface area contributed by atoms with Crippen LogP contribution < -0.4 is 10.3 Å². The molecule has 2 aliphatic heterocycles. The highest BCUT2D eigenvalue weighted by Gasteiger charge is 2.37. The zero-order chi connectivity index (χ0) is 16.1. The van der Waals surface area contributed by atoms with Gasteiger partial charge >= 0.3 is 0 Å². The van der Waals surface area contributed by atoms with Crippen molar-refractivity contribution in [1.82, 2.24) is 14.5 Å². The van der Waals surface area contributed by atoms with Gasteiger partial charge in [-0.2, -0.15) is 0 Å². The Morgan fingerprint density at radius 1 is 1.30 bits per heavy atom. The van der Waals surface area contributed by atoms with Gasteiger partial charge in [0, 0.05) is 29.6 Å². The van der Waals surface area contributed by atoms with Gasteiger partial charge in [-0.25, -0.2) is 4.98 Å². The standard InChI is InChI=1S/C17H20ClN3O2/c1-20-6-3-4-11-13(20)5-7-21-16(11)19-15-12(17(21)22)8-10(18)9-14(15)23-2/h8-9,11,13H,3-7H2,1-2H3/t11-,13-/m1/s1. The SMILES string of the molecule is COc1cc(Cl)cc2c(=O)n3c(nc12)[C@@H]1CCCN(C)[C@@H]1CC3. The summed E-state index contributed by atoms with van der Waals surface area (Å²) in [6, 6.07) is 3.90. The third kappa shape index (κ3) is 2.25. The van der Waals surface area contributed by atoms with Crippen LogP contribution in [0.2, 0.25) is 5.02 Å². The van der Waals surface area contributed by atoms with Crippen molar-refractivity contribution in [2.75, 3.05) is 20.7 Å². The zero-order valence-corrected chi connectivity index (χ0v) is 14.1. The van der Waals surface area contributed by atoms with Gasteiger partial charge in [-0.3, -0.25) is 9.36 Å². The van der Waals surface area contributed by atoms with E-state index in [4.69, 9.17) is 21.3 Å². The lowest BCUT2D eigenvalue weighted by Crippen LogP contribution is -2.47. The fraction of sp³-hybridized carbons (Fsp3) is 0.529. The molecule has 0 bridgehead atoms. The van der Waals surface area contributed by atoms with Crippen molar-refractivity contribution in [2.45, 2.75) is 37.8 Å². The molecule has 1 fully saturated rings. The first-order valence-corrected chi connectivity index (χ1v) is 8.46. The molecule has 2 aliphatic rings. The van der Waals surface area contributed by atoms with Crippen molar-refractivity contribution in [3.63, 3.8) is 0 Å². The summed E-state index contributed by atoms with van der Waals surface area (Å²) in [5.41, 5.74) is 0.625. The molecule has 122 valence electrons. The minimum atomic E-state index is -0.00234. The van der Waals surface area contributed by atoms with E-state index < -0.39 is 0 Å². The van der Waals surface area contributed by atoms with Gasteiger partial charge in [0.2, 0.25) is 0 Å². The maximum atomic E-state index is 12.9. The highest BCUT2D eigenvalue weighted by molar-refractivity contribution is 6.31. The van der Waals surface area contributed by atoms with Crippen molar-refractivity contribution in [3.8, 4) is 5.75 Å². The Labute approximate surface area is 139 Å². The number of methoxy groups -OCH3 is 1. The maximum Gasteiger partial charge on any atom is 0.261 e. The van der Waals surface area contributed by atoms with E-state index in [0.29, 0.717) is 33.6 Å². The summed E-state index contributed by atoms with van der Waals surface area (Å²) in [6.07, 6.45) is 3.23. The van der Waals surface area contributed by atoms with E-state index >= 15 is 0 Å². The minimum absolute atomic E-state index is 0.00234. The summed E-state index contributed by atoms with van der Waals surface area (Å²) in [4.78, 5) is 20.2. The Morgan fingerprint density at radius 2 is 2.13 bits per heavy atom. The topological polar surface area (TPSA) is 47.4 Å². The molecule has 1 aromatic heterocycles. The normalized spacial score (nSPS) is 24.3. The van der Waals surface area contributed by atoms with Crippen LogP contribution in [0.1, 0.15) is 31.0 Å². The molecule has 0 saturated carbocycles. The fourth-order valence-corrected chi connectivity index (χ4v) is 4.35. The number of likely N-dealkylation sites (N-methyl/N-ethyl adjacent to an activating group) is 1. The van der Waals surface area contributed by atoms with Crippen LogP contribution in [0.3, 0.4) is 0 Å². The lowest BCUT2D eigenvalue weighted by molar-refractivity contribution is 0.123. The molecule has 0 radical (unpaired) electrons. The molecule has 0 amide bonds. The van der Waals surface area contributed by atoms with E-state index in [-0.39, 0.29) is 5.56 Å². The molecule has 3 heterocycles. The fourth-order valence-electron chi connectivity index (χ4n) is 4.14. The van der Waals surface area contributed by atoms with Crippen LogP contribution in [0, 0.1) is 0 Å². The highest BCUT2D eigenvalue weighted by atomic mass is 35.5. The van der Waals surface area contributed by atoms with Crippen molar-refractivity contribution < 1.29 is 4.74 Å². The summed E-state index contributed by atoms with van der Waals surface area (Å²) < 4.78 is 7.25.